The lowest BCUT2D eigenvalue weighted by Gasteiger charge is -2.32. The van der Waals surface area contributed by atoms with Crippen molar-refractivity contribution >= 4 is 23.1 Å². The number of nitriles is 1. The normalized spacial score (nSPS) is 12.8. The number of thiazole rings is 1. The van der Waals surface area contributed by atoms with Crippen LogP contribution in [0, 0.1) is 23.0 Å². The number of ether oxygens (including phenoxy) is 1. The third-order valence-corrected chi connectivity index (χ3v) is 8.13. The van der Waals surface area contributed by atoms with Crippen LogP contribution in [0.1, 0.15) is 29.0 Å². The van der Waals surface area contributed by atoms with E-state index in [9.17, 15) is 14.3 Å². The predicted molar refractivity (Wildman–Crippen MR) is 155 cm³/mol. The first-order valence-corrected chi connectivity index (χ1v) is 14.1. The Balaban J connectivity index is 0.00000442. The van der Waals surface area contributed by atoms with Gasteiger partial charge in [0.1, 0.15) is 23.8 Å². The fourth-order valence-corrected chi connectivity index (χ4v) is 5.54. The van der Waals surface area contributed by atoms with E-state index in [4.69, 9.17) is 10.00 Å². The highest BCUT2D eigenvalue weighted by atomic mass is 35.5. The molecule has 3 aromatic carbocycles. The third-order valence-electron chi connectivity index (χ3n) is 7.10. The van der Waals surface area contributed by atoms with Gasteiger partial charge in [0, 0.05) is 40.3 Å². The molecule has 0 saturated heterocycles. The van der Waals surface area contributed by atoms with Crippen molar-refractivity contribution in [3.05, 3.63) is 119 Å². The molecule has 0 aliphatic carbocycles. The summed E-state index contributed by atoms with van der Waals surface area (Å²) in [5.74, 6) is -2.28. The molecule has 0 radical (unpaired) electrons. The number of halogens is 3. The average Bonchev–Trinajstić information content (AvgIpc) is 3.70. The standard InChI is InChI=1S/C31H27F2N6O3S.ClH/c1-21(29-36-28(16-43-29)23-10-8-22(15-34)9-11-23)31(41,26-14-24(32)12-13-27(26)33)17-39-19-38(18-35-39)20-42-30(40)37(2)25-6-4-3-5-7-25;/h3-14,16,18-19,21,41H,17,20H2,1-2H3;1H/q+1;/p-1. The lowest BCUT2D eigenvalue weighted by atomic mass is 9.82. The minimum atomic E-state index is -1.97. The third kappa shape index (κ3) is 6.92. The number of carbonyl (C=O) groups is 1. The van der Waals surface area contributed by atoms with Crippen LogP contribution in [-0.2, 0) is 23.6 Å². The summed E-state index contributed by atoms with van der Waals surface area (Å²) in [7, 11) is 1.59. The average molecular weight is 637 g/mol. The zero-order valence-electron chi connectivity index (χ0n) is 23.6. The van der Waals surface area contributed by atoms with Crippen LogP contribution < -0.4 is 21.9 Å². The molecule has 13 heteroatoms. The van der Waals surface area contributed by atoms with E-state index in [2.05, 4.69) is 16.2 Å². The van der Waals surface area contributed by atoms with Crippen molar-refractivity contribution < 1.29 is 40.4 Å². The molecule has 1 amide bonds. The number of anilines is 1. The highest BCUT2D eigenvalue weighted by Gasteiger charge is 2.43. The Morgan fingerprint density at radius 3 is 2.61 bits per heavy atom. The molecule has 0 aliphatic heterocycles. The van der Waals surface area contributed by atoms with E-state index in [1.807, 2.05) is 6.07 Å². The van der Waals surface area contributed by atoms with Gasteiger partial charge < -0.3 is 22.3 Å². The van der Waals surface area contributed by atoms with Gasteiger partial charge >= 0.3 is 6.09 Å². The quantitative estimate of drug-likeness (QED) is 0.249. The van der Waals surface area contributed by atoms with Crippen molar-refractivity contribution in [3.63, 3.8) is 0 Å². The smallest absolute Gasteiger partial charge is 0.416 e. The van der Waals surface area contributed by atoms with Crippen molar-refractivity contribution in [2.45, 2.75) is 31.7 Å². The molecule has 0 aliphatic rings. The summed E-state index contributed by atoms with van der Waals surface area (Å²) >= 11 is 1.27. The molecular weight excluding hydrogens is 610 g/mol. The number of nitrogens with zero attached hydrogens (tertiary/aromatic N) is 6. The maximum atomic E-state index is 15.1. The molecule has 0 spiro atoms. The first-order chi connectivity index (χ1) is 20.7. The van der Waals surface area contributed by atoms with Crippen molar-refractivity contribution in [2.75, 3.05) is 11.9 Å². The SMILES string of the molecule is CC(c1nc(-c2ccc(C#N)cc2)cs1)C(O)(Cn1c[n+](COC(=O)N(C)c2ccccc2)cn1)c1cc(F)ccc1F.[Cl-]. The van der Waals surface area contributed by atoms with Gasteiger partial charge in [-0.3, -0.25) is 4.90 Å². The van der Waals surface area contributed by atoms with Gasteiger partial charge in [-0.1, -0.05) is 37.3 Å². The molecule has 226 valence electrons. The number of benzene rings is 3. The van der Waals surface area contributed by atoms with Crippen molar-refractivity contribution in [1.29, 1.82) is 5.26 Å². The Hall–Kier alpha value is -4.70. The van der Waals surface area contributed by atoms with Crippen LogP contribution in [-0.4, -0.2) is 33.0 Å². The number of aromatic nitrogens is 4. The van der Waals surface area contributed by atoms with Gasteiger partial charge in [0.05, 0.1) is 22.3 Å². The van der Waals surface area contributed by atoms with Crippen LogP contribution in [0.4, 0.5) is 19.3 Å². The number of carbonyl (C=O) groups excluding carboxylic acids is 1. The Kier molecular flexibility index (Phi) is 10.1. The van der Waals surface area contributed by atoms with Gasteiger partial charge in [-0.15, -0.1) is 16.0 Å². The molecular formula is C31H27ClF2N6O3S. The molecule has 5 rings (SSSR count). The molecule has 0 fully saturated rings. The highest BCUT2D eigenvalue weighted by molar-refractivity contribution is 7.10. The van der Waals surface area contributed by atoms with E-state index < -0.39 is 29.2 Å². The molecule has 44 heavy (non-hydrogen) atoms. The maximum absolute atomic E-state index is 15.1. The Labute approximate surface area is 262 Å². The fourth-order valence-electron chi connectivity index (χ4n) is 4.57. The number of amides is 1. The number of hydrogen-bond acceptors (Lipinski definition) is 7. The molecule has 2 unspecified atom stereocenters. The summed E-state index contributed by atoms with van der Waals surface area (Å²) in [5.41, 5.74) is 0.354. The summed E-state index contributed by atoms with van der Waals surface area (Å²) in [6.07, 6.45) is 2.31. The van der Waals surface area contributed by atoms with Crippen LogP contribution in [0.2, 0.25) is 0 Å². The zero-order chi connectivity index (χ0) is 30.6. The van der Waals surface area contributed by atoms with E-state index in [0.717, 1.165) is 23.8 Å². The second-order valence-electron chi connectivity index (χ2n) is 9.92. The minimum Gasteiger partial charge on any atom is -1.00 e. The summed E-state index contributed by atoms with van der Waals surface area (Å²) in [6.45, 7) is 1.26. The minimum absolute atomic E-state index is 0. The Bertz CT molecular complexity index is 1780. The summed E-state index contributed by atoms with van der Waals surface area (Å²) in [6, 6.07) is 20.9. The molecule has 2 heterocycles. The highest BCUT2D eigenvalue weighted by Crippen LogP contribution is 2.41. The van der Waals surface area contributed by atoms with E-state index in [1.54, 1.807) is 67.9 Å². The summed E-state index contributed by atoms with van der Waals surface area (Å²) in [5, 5.41) is 27.7. The lowest BCUT2D eigenvalue weighted by Crippen LogP contribution is -3.00. The van der Waals surface area contributed by atoms with Crippen LogP contribution in [0.3, 0.4) is 0 Å². The van der Waals surface area contributed by atoms with E-state index >= 15 is 4.39 Å². The molecule has 1 N–H and O–H groups in total. The summed E-state index contributed by atoms with van der Waals surface area (Å²) in [4.78, 5) is 18.6. The number of hydrogen-bond donors (Lipinski definition) is 1. The second-order valence-corrected chi connectivity index (χ2v) is 10.8. The van der Waals surface area contributed by atoms with Gasteiger partial charge in [0.2, 0.25) is 13.1 Å². The number of rotatable bonds is 9. The van der Waals surface area contributed by atoms with Crippen molar-refractivity contribution in [3.8, 4) is 17.3 Å². The topological polar surface area (TPSA) is 108 Å². The van der Waals surface area contributed by atoms with Crippen LogP contribution in [0.15, 0.2) is 90.8 Å². The molecule has 2 aromatic heterocycles. The maximum Gasteiger partial charge on any atom is 0.416 e. The molecule has 0 saturated carbocycles. The monoisotopic (exact) mass is 636 g/mol. The number of para-hydroxylation sites is 1. The Morgan fingerprint density at radius 2 is 1.91 bits per heavy atom. The predicted octanol–water partition coefficient (Wildman–Crippen LogP) is 2.37. The first-order valence-electron chi connectivity index (χ1n) is 13.2. The van der Waals surface area contributed by atoms with Gasteiger partial charge in [0.15, 0.2) is 0 Å². The van der Waals surface area contributed by atoms with Crippen LogP contribution >= 0.6 is 11.3 Å². The molecule has 9 nitrogen and oxygen atoms in total. The van der Waals surface area contributed by atoms with Crippen LogP contribution in [0.5, 0.6) is 0 Å². The van der Waals surface area contributed by atoms with E-state index in [0.29, 0.717) is 22.0 Å². The van der Waals surface area contributed by atoms with Gasteiger partial charge in [0.25, 0.3) is 6.33 Å². The largest absolute Gasteiger partial charge is 1.00 e. The lowest BCUT2D eigenvalue weighted by molar-refractivity contribution is -0.727. The second kappa shape index (κ2) is 13.7. The van der Waals surface area contributed by atoms with Crippen molar-refractivity contribution in [1.82, 2.24) is 14.8 Å². The molecule has 0 bridgehead atoms. The van der Waals surface area contributed by atoms with Gasteiger partial charge in [-0.05, 0) is 42.5 Å². The van der Waals surface area contributed by atoms with E-state index in [1.165, 1.54) is 38.1 Å². The first kappa shape index (κ1) is 32.2. The van der Waals surface area contributed by atoms with Crippen molar-refractivity contribution in [2.24, 2.45) is 0 Å². The summed E-state index contributed by atoms with van der Waals surface area (Å²) < 4.78 is 37.7. The number of aliphatic hydroxyl groups is 1. The van der Waals surface area contributed by atoms with E-state index in [-0.39, 0.29) is 31.2 Å². The van der Waals surface area contributed by atoms with Gasteiger partial charge in [-0.2, -0.15) is 5.26 Å². The molecule has 2 atom stereocenters. The Morgan fingerprint density at radius 1 is 1.18 bits per heavy atom. The fraction of sp³-hybridized carbons (Fsp3) is 0.194. The molecule has 5 aromatic rings. The van der Waals surface area contributed by atoms with Gasteiger partial charge in [-0.25, -0.2) is 23.1 Å². The van der Waals surface area contributed by atoms with Crippen LogP contribution in [0.25, 0.3) is 11.3 Å². The zero-order valence-corrected chi connectivity index (χ0v) is 25.2.